The molecule has 1 rings (SSSR count). The molecule has 3 nitrogen and oxygen atoms in total. The third kappa shape index (κ3) is 3.16. The van der Waals surface area contributed by atoms with E-state index >= 15 is 0 Å². The Morgan fingerprint density at radius 3 is 2.18 bits per heavy atom. The highest BCUT2D eigenvalue weighted by atomic mass is 32.2. The number of primary sulfonamides is 1. The van der Waals surface area contributed by atoms with E-state index in [0.717, 1.165) is 18.2 Å². The molecule has 0 aromatic heterocycles. The highest BCUT2D eigenvalue weighted by Gasteiger charge is 2.49. The Morgan fingerprint density at radius 1 is 1.29 bits per heavy atom. The first-order valence-electron chi connectivity index (χ1n) is 4.38. The first-order chi connectivity index (χ1) is 7.53. The number of halogens is 4. The second-order valence-electron chi connectivity index (χ2n) is 3.51. The number of hydrogen-bond acceptors (Lipinski definition) is 2. The van der Waals surface area contributed by atoms with Gasteiger partial charge in [-0.25, -0.2) is 17.9 Å². The van der Waals surface area contributed by atoms with Crippen LogP contribution in [0.25, 0.3) is 0 Å². The lowest BCUT2D eigenvalue weighted by atomic mass is 10.1. The van der Waals surface area contributed by atoms with Gasteiger partial charge in [0.2, 0.25) is 10.0 Å². The topological polar surface area (TPSA) is 60.2 Å². The molecule has 96 valence electrons. The van der Waals surface area contributed by atoms with Gasteiger partial charge in [-0.05, 0) is 30.2 Å². The Bertz CT molecular complexity index is 524. The van der Waals surface area contributed by atoms with Crippen LogP contribution >= 0.6 is 0 Å². The summed E-state index contributed by atoms with van der Waals surface area (Å²) in [6.07, 6.45) is -5.05. The lowest BCUT2D eigenvalue weighted by molar-refractivity contribution is -0.131. The Kier molecular flexibility index (Phi) is 3.49. The summed E-state index contributed by atoms with van der Waals surface area (Å²) in [6.45, 7) is 1.18. The fourth-order valence-corrected chi connectivity index (χ4v) is 2.46. The van der Waals surface area contributed by atoms with E-state index in [2.05, 4.69) is 5.14 Å². The molecule has 0 amide bonds. The molecule has 1 atom stereocenters. The zero-order chi connectivity index (χ0) is 13.4. The van der Waals surface area contributed by atoms with E-state index in [4.69, 9.17) is 0 Å². The Morgan fingerprint density at radius 2 is 1.82 bits per heavy atom. The summed E-state index contributed by atoms with van der Waals surface area (Å²) in [7, 11) is -4.86. The van der Waals surface area contributed by atoms with Crippen molar-refractivity contribution in [3.05, 3.63) is 35.1 Å². The molecule has 0 radical (unpaired) electrons. The normalized spacial score (nSPS) is 14.7. The van der Waals surface area contributed by atoms with Gasteiger partial charge in [0.15, 0.2) is 5.25 Å². The predicted octanol–water partition coefficient (Wildman–Crippen LogP) is 2.03. The number of nitrogens with two attached hydrogens (primary N) is 1. The zero-order valence-corrected chi connectivity index (χ0v) is 9.44. The van der Waals surface area contributed by atoms with Crippen LogP contribution < -0.4 is 5.14 Å². The number of aryl methyl sites for hydroxylation is 1. The molecule has 0 heterocycles. The maximum Gasteiger partial charge on any atom is 0.410 e. The maximum atomic E-state index is 12.7. The summed E-state index contributed by atoms with van der Waals surface area (Å²) in [6, 6.07) is 2.35. The first-order valence-corrected chi connectivity index (χ1v) is 5.99. The molecule has 0 bridgehead atoms. The van der Waals surface area contributed by atoms with Crippen LogP contribution in [0, 0.1) is 12.7 Å². The molecular weight excluding hydrogens is 262 g/mol. The van der Waals surface area contributed by atoms with Crippen molar-refractivity contribution in [2.45, 2.75) is 18.3 Å². The molecule has 0 aliphatic carbocycles. The van der Waals surface area contributed by atoms with Crippen molar-refractivity contribution in [1.82, 2.24) is 0 Å². The number of hydrogen-bond donors (Lipinski definition) is 1. The molecule has 1 aromatic carbocycles. The lowest BCUT2D eigenvalue weighted by Gasteiger charge is -2.20. The second-order valence-corrected chi connectivity index (χ2v) is 5.16. The summed E-state index contributed by atoms with van der Waals surface area (Å²) in [4.78, 5) is 0. The molecule has 0 saturated carbocycles. The smallest absolute Gasteiger partial charge is 0.228 e. The van der Waals surface area contributed by atoms with Crippen molar-refractivity contribution in [2.24, 2.45) is 5.14 Å². The van der Waals surface area contributed by atoms with E-state index in [1.807, 2.05) is 0 Å². The SMILES string of the molecule is Cc1cc(F)ccc1C(C(F)(F)F)S(N)(=O)=O. The quantitative estimate of drug-likeness (QED) is 0.836. The van der Waals surface area contributed by atoms with Crippen LogP contribution in [-0.2, 0) is 10.0 Å². The average molecular weight is 271 g/mol. The van der Waals surface area contributed by atoms with Crippen molar-refractivity contribution in [2.75, 3.05) is 0 Å². The minimum absolute atomic E-state index is 0.124. The van der Waals surface area contributed by atoms with Crippen molar-refractivity contribution < 1.29 is 26.0 Å². The molecule has 0 fully saturated rings. The monoisotopic (exact) mass is 271 g/mol. The van der Waals surface area contributed by atoms with Gasteiger partial charge in [-0.15, -0.1) is 0 Å². The first kappa shape index (κ1) is 13.9. The number of benzene rings is 1. The summed E-state index contributed by atoms with van der Waals surface area (Å²) in [5.74, 6) is -0.749. The standard InChI is InChI=1S/C9H9F4NO2S/c1-5-4-6(10)2-3-7(5)8(9(11,12)13)17(14,15)16/h2-4,8H,1H3,(H2,14,15,16). The molecule has 17 heavy (non-hydrogen) atoms. The highest BCUT2D eigenvalue weighted by molar-refractivity contribution is 7.89. The van der Waals surface area contributed by atoms with Gasteiger partial charge in [0.05, 0.1) is 0 Å². The predicted molar refractivity (Wildman–Crippen MR) is 53.0 cm³/mol. The number of sulfonamides is 1. The van der Waals surface area contributed by atoms with Crippen molar-refractivity contribution >= 4 is 10.0 Å². The minimum Gasteiger partial charge on any atom is -0.228 e. The fourth-order valence-electron chi connectivity index (χ4n) is 1.47. The third-order valence-electron chi connectivity index (χ3n) is 2.14. The Labute approximate surface area is 95.3 Å². The number of rotatable bonds is 2. The molecule has 2 N–H and O–H groups in total. The molecule has 0 saturated heterocycles. The van der Waals surface area contributed by atoms with Crippen LogP contribution in [0.5, 0.6) is 0 Å². The van der Waals surface area contributed by atoms with Crippen LogP contribution in [0.1, 0.15) is 16.4 Å². The van der Waals surface area contributed by atoms with E-state index in [-0.39, 0.29) is 5.56 Å². The molecular formula is C9H9F4NO2S. The summed E-state index contributed by atoms with van der Waals surface area (Å²) < 4.78 is 72.6. The van der Waals surface area contributed by atoms with Crippen LogP contribution in [0.3, 0.4) is 0 Å². The lowest BCUT2D eigenvalue weighted by Crippen LogP contribution is -2.33. The third-order valence-corrected chi connectivity index (χ3v) is 3.32. The molecule has 1 unspecified atom stereocenters. The van der Waals surface area contributed by atoms with E-state index in [9.17, 15) is 26.0 Å². The van der Waals surface area contributed by atoms with Gasteiger partial charge in [0.25, 0.3) is 0 Å². The minimum atomic E-state index is -5.05. The van der Waals surface area contributed by atoms with Gasteiger partial charge >= 0.3 is 6.18 Å². The van der Waals surface area contributed by atoms with Gasteiger partial charge in [-0.3, -0.25) is 0 Å². The molecule has 1 aromatic rings. The van der Waals surface area contributed by atoms with Crippen molar-refractivity contribution in [1.29, 1.82) is 0 Å². The molecule has 0 aliphatic heterocycles. The largest absolute Gasteiger partial charge is 0.410 e. The number of alkyl halides is 3. The van der Waals surface area contributed by atoms with Gasteiger partial charge in [0, 0.05) is 0 Å². The van der Waals surface area contributed by atoms with Crippen LogP contribution in [0.2, 0.25) is 0 Å². The summed E-state index contributed by atoms with van der Waals surface area (Å²) >= 11 is 0. The Balaban J connectivity index is 3.44. The van der Waals surface area contributed by atoms with Crippen LogP contribution in [0.15, 0.2) is 18.2 Å². The summed E-state index contributed by atoms with van der Waals surface area (Å²) in [5.41, 5.74) is -0.692. The van der Waals surface area contributed by atoms with Gasteiger partial charge in [0.1, 0.15) is 5.82 Å². The highest BCUT2D eigenvalue weighted by Crippen LogP contribution is 2.39. The Hall–Kier alpha value is -1.15. The van der Waals surface area contributed by atoms with E-state index in [1.165, 1.54) is 6.92 Å². The fraction of sp³-hybridized carbons (Fsp3) is 0.333. The van der Waals surface area contributed by atoms with E-state index in [1.54, 1.807) is 0 Å². The van der Waals surface area contributed by atoms with Gasteiger partial charge in [-0.1, -0.05) is 6.07 Å². The van der Waals surface area contributed by atoms with Crippen molar-refractivity contribution in [3.63, 3.8) is 0 Å². The van der Waals surface area contributed by atoms with Gasteiger partial charge < -0.3 is 0 Å². The maximum absolute atomic E-state index is 12.7. The van der Waals surface area contributed by atoms with Crippen LogP contribution in [0.4, 0.5) is 17.6 Å². The van der Waals surface area contributed by atoms with Crippen LogP contribution in [-0.4, -0.2) is 14.6 Å². The molecule has 0 spiro atoms. The van der Waals surface area contributed by atoms with Crippen molar-refractivity contribution in [3.8, 4) is 0 Å². The van der Waals surface area contributed by atoms with E-state index in [0.29, 0.717) is 0 Å². The zero-order valence-electron chi connectivity index (χ0n) is 8.62. The summed E-state index contributed by atoms with van der Waals surface area (Å²) in [5, 5.41) is 1.73. The molecule has 0 aliphatic rings. The second kappa shape index (κ2) is 4.26. The average Bonchev–Trinajstić information content (AvgIpc) is 2.04. The van der Waals surface area contributed by atoms with Gasteiger partial charge in [-0.2, -0.15) is 13.2 Å². The molecule has 8 heteroatoms. The van der Waals surface area contributed by atoms with E-state index < -0.39 is 32.8 Å².